The van der Waals surface area contributed by atoms with Crippen LogP contribution in [0.5, 0.6) is 5.75 Å². The van der Waals surface area contributed by atoms with Crippen LogP contribution in [0.15, 0.2) is 36.4 Å². The van der Waals surface area contributed by atoms with Crippen molar-refractivity contribution in [1.29, 1.82) is 0 Å². The number of methoxy groups -OCH3 is 1. The van der Waals surface area contributed by atoms with Gasteiger partial charge in [-0.3, -0.25) is 4.90 Å². The molecule has 0 fully saturated rings. The standard InChI is InChI=1S/C18H21NO/c1-4-19(5-2)12-6-7-15-8-9-17-14-18(20-3)11-10-16(17)13-15/h8-11,13-14H,4-5,12H2,1-3H3. The van der Waals surface area contributed by atoms with Crippen molar-refractivity contribution in [2.45, 2.75) is 13.8 Å². The second-order valence-electron chi connectivity index (χ2n) is 4.69. The van der Waals surface area contributed by atoms with Crippen molar-refractivity contribution in [1.82, 2.24) is 4.90 Å². The highest BCUT2D eigenvalue weighted by atomic mass is 16.5. The van der Waals surface area contributed by atoms with Crippen molar-refractivity contribution in [3.05, 3.63) is 42.0 Å². The number of hydrogen-bond acceptors (Lipinski definition) is 2. The number of rotatable bonds is 4. The molecule has 104 valence electrons. The van der Waals surface area contributed by atoms with Crippen molar-refractivity contribution in [2.24, 2.45) is 0 Å². The molecule has 0 saturated heterocycles. The van der Waals surface area contributed by atoms with Crippen LogP contribution in [0.1, 0.15) is 19.4 Å². The van der Waals surface area contributed by atoms with E-state index in [0.29, 0.717) is 0 Å². The predicted molar refractivity (Wildman–Crippen MR) is 85.2 cm³/mol. The van der Waals surface area contributed by atoms with E-state index < -0.39 is 0 Å². The Labute approximate surface area is 121 Å². The summed E-state index contributed by atoms with van der Waals surface area (Å²) in [6.45, 7) is 7.24. The Bertz CT molecular complexity index is 633. The lowest BCUT2D eigenvalue weighted by atomic mass is 10.1. The van der Waals surface area contributed by atoms with Crippen molar-refractivity contribution >= 4 is 10.8 Å². The summed E-state index contributed by atoms with van der Waals surface area (Å²) >= 11 is 0. The van der Waals surface area contributed by atoms with E-state index in [0.717, 1.165) is 30.9 Å². The normalized spacial score (nSPS) is 10.4. The van der Waals surface area contributed by atoms with Gasteiger partial charge in [-0.1, -0.05) is 37.8 Å². The fourth-order valence-electron chi connectivity index (χ4n) is 2.13. The van der Waals surface area contributed by atoms with Crippen molar-refractivity contribution in [3.8, 4) is 17.6 Å². The van der Waals surface area contributed by atoms with Crippen LogP contribution in [0.2, 0.25) is 0 Å². The van der Waals surface area contributed by atoms with Gasteiger partial charge in [0.05, 0.1) is 13.7 Å². The minimum Gasteiger partial charge on any atom is -0.497 e. The van der Waals surface area contributed by atoms with Crippen LogP contribution in [-0.4, -0.2) is 31.6 Å². The molecule has 2 rings (SSSR count). The fraction of sp³-hybridized carbons (Fsp3) is 0.333. The molecule has 0 aliphatic rings. The van der Waals surface area contributed by atoms with Crippen molar-refractivity contribution in [3.63, 3.8) is 0 Å². The van der Waals surface area contributed by atoms with Crippen molar-refractivity contribution < 1.29 is 4.74 Å². The van der Waals surface area contributed by atoms with Crippen LogP contribution < -0.4 is 4.74 Å². The first-order chi connectivity index (χ1) is 9.76. The van der Waals surface area contributed by atoms with Gasteiger partial charge in [-0.15, -0.1) is 0 Å². The summed E-state index contributed by atoms with van der Waals surface area (Å²) in [6.07, 6.45) is 0. The summed E-state index contributed by atoms with van der Waals surface area (Å²) < 4.78 is 5.23. The average molecular weight is 267 g/mol. The summed E-state index contributed by atoms with van der Waals surface area (Å²) in [5, 5.41) is 2.37. The third-order valence-corrected chi connectivity index (χ3v) is 3.48. The molecule has 0 bridgehead atoms. The van der Waals surface area contributed by atoms with E-state index in [4.69, 9.17) is 4.74 Å². The molecule has 2 aromatic carbocycles. The van der Waals surface area contributed by atoms with E-state index in [1.807, 2.05) is 12.1 Å². The minimum atomic E-state index is 0.827. The predicted octanol–water partition coefficient (Wildman–Crippen LogP) is 3.54. The summed E-state index contributed by atoms with van der Waals surface area (Å²) in [5.74, 6) is 7.37. The molecule has 0 aliphatic carbocycles. The van der Waals surface area contributed by atoms with Gasteiger partial charge in [-0.05, 0) is 48.1 Å². The van der Waals surface area contributed by atoms with Gasteiger partial charge < -0.3 is 4.74 Å². The molecule has 2 heteroatoms. The lowest BCUT2D eigenvalue weighted by molar-refractivity contribution is 0.342. The molecule has 0 saturated carbocycles. The zero-order valence-electron chi connectivity index (χ0n) is 12.4. The lowest BCUT2D eigenvalue weighted by Gasteiger charge is -2.13. The Morgan fingerprint density at radius 3 is 2.40 bits per heavy atom. The second-order valence-corrected chi connectivity index (χ2v) is 4.69. The van der Waals surface area contributed by atoms with Gasteiger partial charge in [-0.25, -0.2) is 0 Å². The first-order valence-electron chi connectivity index (χ1n) is 7.05. The van der Waals surface area contributed by atoms with E-state index >= 15 is 0 Å². The van der Waals surface area contributed by atoms with Crippen LogP contribution in [0.4, 0.5) is 0 Å². The van der Waals surface area contributed by atoms with Crippen LogP contribution in [0, 0.1) is 11.8 Å². The maximum Gasteiger partial charge on any atom is 0.119 e. The van der Waals surface area contributed by atoms with Crippen LogP contribution in [-0.2, 0) is 0 Å². The van der Waals surface area contributed by atoms with E-state index in [1.165, 1.54) is 10.8 Å². The first kappa shape index (κ1) is 14.4. The molecule has 0 spiro atoms. The maximum atomic E-state index is 5.23. The van der Waals surface area contributed by atoms with E-state index in [9.17, 15) is 0 Å². The zero-order valence-corrected chi connectivity index (χ0v) is 12.4. The monoisotopic (exact) mass is 267 g/mol. The fourth-order valence-corrected chi connectivity index (χ4v) is 2.13. The molecule has 0 aromatic heterocycles. The molecule has 0 aliphatic heterocycles. The summed E-state index contributed by atoms with van der Waals surface area (Å²) in [6, 6.07) is 12.4. The van der Waals surface area contributed by atoms with Gasteiger partial charge >= 0.3 is 0 Å². The molecular weight excluding hydrogens is 246 g/mol. The zero-order chi connectivity index (χ0) is 14.4. The van der Waals surface area contributed by atoms with E-state index in [-0.39, 0.29) is 0 Å². The lowest BCUT2D eigenvalue weighted by Crippen LogP contribution is -2.22. The Kier molecular flexibility index (Phi) is 5.03. The first-order valence-corrected chi connectivity index (χ1v) is 7.05. The van der Waals surface area contributed by atoms with Gasteiger partial charge in [0.1, 0.15) is 5.75 Å². The Morgan fingerprint density at radius 2 is 1.70 bits per heavy atom. The highest BCUT2D eigenvalue weighted by Gasteiger charge is 1.98. The van der Waals surface area contributed by atoms with Gasteiger partial charge in [-0.2, -0.15) is 0 Å². The molecule has 2 nitrogen and oxygen atoms in total. The third-order valence-electron chi connectivity index (χ3n) is 3.48. The summed E-state index contributed by atoms with van der Waals surface area (Å²) in [5.41, 5.74) is 1.06. The van der Waals surface area contributed by atoms with Gasteiger partial charge in [0, 0.05) is 5.56 Å². The Balaban J connectivity index is 2.18. The molecular formula is C18H21NO. The van der Waals surface area contributed by atoms with Crippen LogP contribution in [0.3, 0.4) is 0 Å². The molecule has 2 aromatic rings. The molecule has 0 unspecified atom stereocenters. The van der Waals surface area contributed by atoms with Gasteiger partial charge in [0.25, 0.3) is 0 Å². The highest BCUT2D eigenvalue weighted by molar-refractivity contribution is 5.85. The molecule has 20 heavy (non-hydrogen) atoms. The van der Waals surface area contributed by atoms with Crippen LogP contribution in [0.25, 0.3) is 10.8 Å². The molecule has 0 amide bonds. The Hall–Kier alpha value is -1.98. The molecule has 0 atom stereocenters. The number of benzene rings is 2. The number of ether oxygens (including phenoxy) is 1. The summed E-state index contributed by atoms with van der Waals surface area (Å²) in [4.78, 5) is 2.30. The number of fused-ring (bicyclic) bond motifs is 1. The molecule has 0 radical (unpaired) electrons. The van der Waals surface area contributed by atoms with Crippen molar-refractivity contribution in [2.75, 3.05) is 26.7 Å². The average Bonchev–Trinajstić information content (AvgIpc) is 2.51. The maximum absolute atomic E-state index is 5.23. The molecule has 0 heterocycles. The van der Waals surface area contributed by atoms with Gasteiger partial charge in [0.2, 0.25) is 0 Å². The largest absolute Gasteiger partial charge is 0.497 e. The van der Waals surface area contributed by atoms with Crippen LogP contribution >= 0.6 is 0 Å². The van der Waals surface area contributed by atoms with E-state index in [1.54, 1.807) is 7.11 Å². The number of nitrogens with zero attached hydrogens (tertiary/aromatic N) is 1. The smallest absolute Gasteiger partial charge is 0.119 e. The van der Waals surface area contributed by atoms with E-state index in [2.05, 4.69) is 54.9 Å². The topological polar surface area (TPSA) is 12.5 Å². The Morgan fingerprint density at radius 1 is 1.00 bits per heavy atom. The highest BCUT2D eigenvalue weighted by Crippen LogP contribution is 2.21. The minimum absolute atomic E-state index is 0.827. The quantitative estimate of drug-likeness (QED) is 0.786. The molecule has 0 N–H and O–H groups in total. The second kappa shape index (κ2) is 6.98. The SMILES string of the molecule is CCN(CC)CC#Cc1ccc2cc(OC)ccc2c1. The third kappa shape index (κ3) is 3.53. The summed E-state index contributed by atoms with van der Waals surface area (Å²) in [7, 11) is 1.69. The number of hydrogen-bond donors (Lipinski definition) is 0. The van der Waals surface area contributed by atoms with Gasteiger partial charge in [0.15, 0.2) is 0 Å².